The number of carbonyl (C=O) groups excluding carboxylic acids is 1. The molecule has 0 unspecified atom stereocenters. The lowest BCUT2D eigenvalue weighted by atomic mass is 9.92. The number of nitrogens with zero attached hydrogens (tertiary/aromatic N) is 3. The van der Waals surface area contributed by atoms with Gasteiger partial charge in [-0.1, -0.05) is 20.8 Å². The van der Waals surface area contributed by atoms with Crippen molar-refractivity contribution >= 4 is 22.6 Å². The van der Waals surface area contributed by atoms with Gasteiger partial charge in [0.15, 0.2) is 5.65 Å². The fourth-order valence-electron chi connectivity index (χ4n) is 3.63. The monoisotopic (exact) mass is 387 g/mol. The van der Waals surface area contributed by atoms with Gasteiger partial charge in [-0.05, 0) is 32.1 Å². The average Bonchev–Trinajstić information content (AvgIpc) is 3.03. The number of hydrogen-bond acceptors (Lipinski definition) is 5. The largest absolute Gasteiger partial charge is 0.381 e. The van der Waals surface area contributed by atoms with Crippen LogP contribution in [0.4, 0.5) is 5.69 Å². The van der Waals surface area contributed by atoms with Gasteiger partial charge in [-0.2, -0.15) is 5.10 Å². The summed E-state index contributed by atoms with van der Waals surface area (Å²) in [6.45, 7) is 13.1. The summed E-state index contributed by atoms with van der Waals surface area (Å²) in [6.07, 6.45) is 4.33. The molecule has 3 rings (SSSR count). The van der Waals surface area contributed by atoms with E-state index in [-0.39, 0.29) is 11.3 Å². The molecule has 7 nitrogen and oxygen atoms in total. The molecule has 1 fully saturated rings. The van der Waals surface area contributed by atoms with Crippen LogP contribution in [0.25, 0.3) is 11.0 Å². The zero-order valence-electron chi connectivity index (χ0n) is 17.8. The van der Waals surface area contributed by atoms with Crippen molar-refractivity contribution in [3.8, 4) is 0 Å². The first-order valence-corrected chi connectivity index (χ1v) is 10.2. The highest BCUT2D eigenvalue weighted by Gasteiger charge is 2.22. The predicted octanol–water partition coefficient (Wildman–Crippen LogP) is 3.40. The molecule has 2 aromatic heterocycles. The molecule has 28 heavy (non-hydrogen) atoms. The number of carbonyl (C=O) groups is 1. The van der Waals surface area contributed by atoms with Crippen LogP contribution in [0.1, 0.15) is 58.2 Å². The first kappa shape index (κ1) is 20.6. The molecule has 0 atom stereocenters. The number of aromatic nitrogens is 3. The normalized spacial score (nSPS) is 15.8. The van der Waals surface area contributed by atoms with Gasteiger partial charge < -0.3 is 15.4 Å². The van der Waals surface area contributed by atoms with E-state index in [1.165, 1.54) is 0 Å². The van der Waals surface area contributed by atoms with Crippen LogP contribution in [0, 0.1) is 12.3 Å². The highest BCUT2D eigenvalue weighted by atomic mass is 16.5. The second-order valence-electron chi connectivity index (χ2n) is 8.79. The number of fused-ring (bicyclic) bond motifs is 1. The Bertz CT molecular complexity index is 831. The number of aryl methyl sites for hydroxylation is 2. The van der Waals surface area contributed by atoms with Gasteiger partial charge in [-0.3, -0.25) is 4.79 Å². The number of pyridine rings is 1. The number of anilines is 1. The van der Waals surface area contributed by atoms with Gasteiger partial charge in [0.2, 0.25) is 5.91 Å². The molecule has 0 aliphatic carbocycles. The smallest absolute Gasteiger partial charge is 0.220 e. The highest BCUT2D eigenvalue weighted by Crippen LogP contribution is 2.30. The Labute approximate surface area is 167 Å². The molecule has 1 aliphatic rings. The van der Waals surface area contributed by atoms with Crippen LogP contribution in [-0.4, -0.2) is 39.9 Å². The Hall–Kier alpha value is -2.15. The van der Waals surface area contributed by atoms with E-state index in [1.807, 2.05) is 17.8 Å². The molecule has 0 aromatic carbocycles. The van der Waals surface area contributed by atoms with Gasteiger partial charge >= 0.3 is 0 Å². The zero-order chi connectivity index (χ0) is 20.3. The van der Waals surface area contributed by atoms with Crippen molar-refractivity contribution in [2.24, 2.45) is 5.41 Å². The van der Waals surface area contributed by atoms with E-state index in [0.29, 0.717) is 19.0 Å². The molecule has 3 heterocycles. The summed E-state index contributed by atoms with van der Waals surface area (Å²) in [6, 6.07) is 0.354. The summed E-state index contributed by atoms with van der Waals surface area (Å²) in [7, 11) is 0. The van der Waals surface area contributed by atoms with Crippen molar-refractivity contribution in [3.63, 3.8) is 0 Å². The fourth-order valence-corrected chi connectivity index (χ4v) is 3.63. The third-order valence-corrected chi connectivity index (χ3v) is 5.12. The SMILES string of the molecule is CCn1ncc2c(NC3CCOCC3)c(CNC(=O)CC(C)(C)C)c(C)nc21. The molecule has 1 saturated heterocycles. The van der Waals surface area contributed by atoms with Crippen LogP contribution in [0.2, 0.25) is 0 Å². The zero-order valence-corrected chi connectivity index (χ0v) is 17.8. The van der Waals surface area contributed by atoms with Crippen molar-refractivity contribution < 1.29 is 9.53 Å². The lowest BCUT2D eigenvalue weighted by Crippen LogP contribution is -2.30. The number of amides is 1. The number of hydrogen-bond donors (Lipinski definition) is 2. The van der Waals surface area contributed by atoms with Gasteiger partial charge in [0, 0.05) is 50.0 Å². The summed E-state index contributed by atoms with van der Waals surface area (Å²) >= 11 is 0. The third kappa shape index (κ3) is 4.82. The molecule has 7 heteroatoms. The van der Waals surface area contributed by atoms with E-state index in [9.17, 15) is 4.79 Å². The van der Waals surface area contributed by atoms with Gasteiger partial charge in [0.1, 0.15) is 0 Å². The van der Waals surface area contributed by atoms with Gasteiger partial charge in [-0.25, -0.2) is 9.67 Å². The van der Waals surface area contributed by atoms with E-state index < -0.39 is 0 Å². The van der Waals surface area contributed by atoms with Crippen LogP contribution < -0.4 is 10.6 Å². The molecule has 0 saturated carbocycles. The Morgan fingerprint density at radius 3 is 2.68 bits per heavy atom. The molecule has 154 valence electrons. The predicted molar refractivity (Wildman–Crippen MR) is 111 cm³/mol. The molecule has 0 radical (unpaired) electrons. The topological polar surface area (TPSA) is 81.1 Å². The van der Waals surface area contributed by atoms with Gasteiger partial charge in [0.25, 0.3) is 0 Å². The number of ether oxygens (including phenoxy) is 1. The van der Waals surface area contributed by atoms with Crippen LogP contribution in [0.15, 0.2) is 6.20 Å². The lowest BCUT2D eigenvalue weighted by molar-refractivity contribution is -0.122. The fraction of sp³-hybridized carbons (Fsp3) is 0.667. The first-order chi connectivity index (χ1) is 13.3. The van der Waals surface area contributed by atoms with Crippen molar-refractivity contribution in [2.75, 3.05) is 18.5 Å². The molecule has 1 aliphatic heterocycles. The van der Waals surface area contributed by atoms with Crippen LogP contribution in [0.3, 0.4) is 0 Å². The molecule has 0 spiro atoms. The highest BCUT2D eigenvalue weighted by molar-refractivity contribution is 5.91. The summed E-state index contributed by atoms with van der Waals surface area (Å²) in [4.78, 5) is 17.2. The molecule has 0 bridgehead atoms. The Morgan fingerprint density at radius 1 is 1.32 bits per heavy atom. The lowest BCUT2D eigenvalue weighted by Gasteiger charge is -2.26. The summed E-state index contributed by atoms with van der Waals surface area (Å²) in [5.41, 5.74) is 3.86. The maximum Gasteiger partial charge on any atom is 0.220 e. The van der Waals surface area contributed by atoms with Crippen molar-refractivity contribution in [2.45, 2.75) is 73.0 Å². The van der Waals surface area contributed by atoms with Crippen LogP contribution in [-0.2, 0) is 22.6 Å². The molecule has 1 amide bonds. The van der Waals surface area contributed by atoms with Gasteiger partial charge in [-0.15, -0.1) is 0 Å². The quantitative estimate of drug-likeness (QED) is 0.794. The summed E-state index contributed by atoms with van der Waals surface area (Å²) < 4.78 is 7.42. The number of nitrogens with one attached hydrogen (secondary N) is 2. The first-order valence-electron chi connectivity index (χ1n) is 10.2. The average molecular weight is 388 g/mol. The minimum Gasteiger partial charge on any atom is -0.381 e. The molecular weight excluding hydrogens is 354 g/mol. The second-order valence-corrected chi connectivity index (χ2v) is 8.79. The van der Waals surface area contributed by atoms with E-state index in [4.69, 9.17) is 9.72 Å². The number of rotatable bonds is 6. The van der Waals surface area contributed by atoms with Crippen molar-refractivity contribution in [3.05, 3.63) is 17.5 Å². The Balaban J connectivity index is 1.91. The molecule has 2 aromatic rings. The maximum absolute atomic E-state index is 12.4. The van der Waals surface area contributed by atoms with E-state index in [0.717, 1.165) is 60.6 Å². The third-order valence-electron chi connectivity index (χ3n) is 5.12. The van der Waals surface area contributed by atoms with Gasteiger partial charge in [0.05, 0.1) is 17.3 Å². The Kier molecular flexibility index (Phi) is 6.23. The van der Waals surface area contributed by atoms with E-state index >= 15 is 0 Å². The molecular formula is C21H33N5O2. The minimum absolute atomic E-state index is 0.0349. The van der Waals surface area contributed by atoms with Crippen molar-refractivity contribution in [1.29, 1.82) is 0 Å². The van der Waals surface area contributed by atoms with Crippen LogP contribution in [0.5, 0.6) is 0 Å². The Morgan fingerprint density at radius 2 is 2.04 bits per heavy atom. The standard InChI is InChI=1S/C21H33N5O2/c1-6-26-20-17(13-23-26)19(25-15-7-9-28-10-8-15)16(14(2)24-20)12-22-18(27)11-21(3,4)5/h13,15H,6-12H2,1-5H3,(H,22,27)(H,24,25). The van der Waals surface area contributed by atoms with Crippen molar-refractivity contribution in [1.82, 2.24) is 20.1 Å². The van der Waals surface area contributed by atoms with Crippen LogP contribution >= 0.6 is 0 Å². The summed E-state index contributed by atoms with van der Waals surface area (Å²) in [5, 5.41) is 12.3. The molecule has 2 N–H and O–H groups in total. The second kappa shape index (κ2) is 8.47. The summed E-state index contributed by atoms with van der Waals surface area (Å²) in [5.74, 6) is 0.0632. The maximum atomic E-state index is 12.4. The van der Waals surface area contributed by atoms with E-state index in [1.54, 1.807) is 0 Å². The minimum atomic E-state index is -0.0349. The van der Waals surface area contributed by atoms with E-state index in [2.05, 4.69) is 43.4 Å².